The zero-order chi connectivity index (χ0) is 14.9. The Morgan fingerprint density at radius 2 is 2.00 bits per heavy atom. The van der Waals surface area contributed by atoms with Crippen LogP contribution in [0, 0.1) is 0 Å². The van der Waals surface area contributed by atoms with E-state index in [1.165, 1.54) is 12.8 Å². The molecule has 0 unspecified atom stereocenters. The molecule has 0 aliphatic heterocycles. The Morgan fingerprint density at radius 1 is 1.18 bits per heavy atom. The number of halogens is 1. The van der Waals surface area contributed by atoms with Crippen molar-refractivity contribution in [1.82, 2.24) is 19.7 Å². The number of anilines is 1. The summed E-state index contributed by atoms with van der Waals surface area (Å²) in [6, 6.07) is 9.94. The molecule has 0 saturated heterocycles. The van der Waals surface area contributed by atoms with Gasteiger partial charge < -0.3 is 4.57 Å². The van der Waals surface area contributed by atoms with Gasteiger partial charge in [0, 0.05) is 18.2 Å². The zero-order valence-corrected chi connectivity index (χ0v) is 12.5. The molecule has 1 N–H and O–H groups in total. The molecule has 4 rings (SSSR count). The van der Waals surface area contributed by atoms with E-state index in [0.29, 0.717) is 11.1 Å². The number of hydrogen-bond donors (Lipinski definition) is 1. The van der Waals surface area contributed by atoms with E-state index in [2.05, 4.69) is 25.2 Å². The lowest BCUT2D eigenvalue weighted by Crippen LogP contribution is -2.41. The van der Waals surface area contributed by atoms with E-state index < -0.39 is 0 Å². The number of pyridine rings is 2. The third-order valence-corrected chi connectivity index (χ3v) is 3.78. The largest absolute Gasteiger partial charge is 0.309 e. The van der Waals surface area contributed by atoms with Gasteiger partial charge in [-0.05, 0) is 25.0 Å². The molecule has 3 aromatic rings. The molecule has 0 amide bonds. The van der Waals surface area contributed by atoms with Crippen LogP contribution in [0.15, 0.2) is 49.1 Å². The standard InChI is InChI=1S/C15H14ClN6/c16-11-6-8-21(9-7-11)20-14-3-1-2-13(18-14)15-19-17-10-22(15)12-4-5-12/h1-3,6-10,12H,4-5H2,(H,18,20)/q+1. The van der Waals surface area contributed by atoms with Crippen LogP contribution in [0.2, 0.25) is 5.02 Å². The first kappa shape index (κ1) is 13.2. The Balaban J connectivity index is 1.62. The van der Waals surface area contributed by atoms with E-state index in [4.69, 9.17) is 11.6 Å². The SMILES string of the molecule is Clc1cc[n+](Nc2cccc(-c3nncn3C3CC3)n2)cc1. The lowest BCUT2D eigenvalue weighted by atomic mass is 10.3. The molecular weight excluding hydrogens is 300 g/mol. The first-order valence-corrected chi connectivity index (χ1v) is 7.48. The van der Waals surface area contributed by atoms with Crippen LogP contribution in [0.5, 0.6) is 0 Å². The van der Waals surface area contributed by atoms with Crippen molar-refractivity contribution in [2.75, 3.05) is 5.43 Å². The lowest BCUT2D eigenvalue weighted by Gasteiger charge is -2.05. The summed E-state index contributed by atoms with van der Waals surface area (Å²) in [5, 5.41) is 8.91. The second-order valence-corrected chi connectivity index (χ2v) is 5.67. The minimum Gasteiger partial charge on any atom is -0.309 e. The Morgan fingerprint density at radius 3 is 2.77 bits per heavy atom. The molecule has 0 atom stereocenters. The van der Waals surface area contributed by atoms with Crippen LogP contribution in [0.1, 0.15) is 18.9 Å². The molecular formula is C15H14ClN6+. The van der Waals surface area contributed by atoms with E-state index in [9.17, 15) is 0 Å². The third kappa shape index (κ3) is 2.65. The third-order valence-electron chi connectivity index (χ3n) is 3.52. The van der Waals surface area contributed by atoms with Gasteiger partial charge in [0.1, 0.15) is 12.0 Å². The fraction of sp³-hybridized carbons (Fsp3) is 0.200. The number of nitrogens with one attached hydrogen (secondary N) is 1. The summed E-state index contributed by atoms with van der Waals surface area (Å²) in [4.78, 5) is 4.62. The highest BCUT2D eigenvalue weighted by Crippen LogP contribution is 2.37. The van der Waals surface area contributed by atoms with Gasteiger partial charge >= 0.3 is 0 Å². The van der Waals surface area contributed by atoms with Crippen LogP contribution in [0.4, 0.5) is 5.82 Å². The molecule has 22 heavy (non-hydrogen) atoms. The first-order chi connectivity index (χ1) is 10.8. The molecule has 1 aliphatic carbocycles. The van der Waals surface area contributed by atoms with Crippen LogP contribution >= 0.6 is 11.6 Å². The molecule has 1 saturated carbocycles. The average Bonchev–Trinajstić information content (AvgIpc) is 3.27. The van der Waals surface area contributed by atoms with Crippen LogP contribution < -0.4 is 10.1 Å². The van der Waals surface area contributed by atoms with Crippen molar-refractivity contribution in [3.8, 4) is 11.5 Å². The number of nitrogens with zero attached hydrogens (tertiary/aromatic N) is 5. The van der Waals surface area contributed by atoms with E-state index >= 15 is 0 Å². The molecule has 0 radical (unpaired) electrons. The topological polar surface area (TPSA) is 59.5 Å². The normalized spacial score (nSPS) is 14.0. The first-order valence-electron chi connectivity index (χ1n) is 7.10. The Hall–Kier alpha value is -2.47. The monoisotopic (exact) mass is 313 g/mol. The van der Waals surface area contributed by atoms with Crippen LogP contribution in [0.25, 0.3) is 11.5 Å². The van der Waals surface area contributed by atoms with E-state index in [-0.39, 0.29) is 0 Å². The molecule has 6 nitrogen and oxygen atoms in total. The molecule has 0 aromatic carbocycles. The predicted molar refractivity (Wildman–Crippen MR) is 82.2 cm³/mol. The van der Waals surface area contributed by atoms with Crippen molar-refractivity contribution >= 4 is 17.4 Å². The van der Waals surface area contributed by atoms with Crippen LogP contribution in [-0.4, -0.2) is 19.7 Å². The summed E-state index contributed by atoms with van der Waals surface area (Å²) in [5.41, 5.74) is 4.00. The highest BCUT2D eigenvalue weighted by Gasteiger charge is 2.27. The van der Waals surface area contributed by atoms with E-state index in [0.717, 1.165) is 17.3 Å². The Bertz CT molecular complexity index is 794. The molecule has 3 heterocycles. The second-order valence-electron chi connectivity index (χ2n) is 5.24. The zero-order valence-electron chi connectivity index (χ0n) is 11.7. The predicted octanol–water partition coefficient (Wildman–Crippen LogP) is 2.49. The summed E-state index contributed by atoms with van der Waals surface area (Å²) in [5.74, 6) is 1.54. The quantitative estimate of drug-likeness (QED) is 0.752. The molecule has 0 bridgehead atoms. The van der Waals surface area contributed by atoms with Crippen molar-refractivity contribution < 1.29 is 4.68 Å². The van der Waals surface area contributed by atoms with Gasteiger partial charge in [-0.2, -0.15) is 0 Å². The maximum atomic E-state index is 5.89. The fourth-order valence-corrected chi connectivity index (χ4v) is 2.40. The molecule has 110 valence electrons. The molecule has 1 aliphatic rings. The summed E-state index contributed by atoms with van der Waals surface area (Å²) in [7, 11) is 0. The van der Waals surface area contributed by atoms with Crippen molar-refractivity contribution in [2.45, 2.75) is 18.9 Å². The smallest absolute Gasteiger partial charge is 0.201 e. The van der Waals surface area contributed by atoms with Crippen molar-refractivity contribution in [3.63, 3.8) is 0 Å². The number of aromatic nitrogens is 5. The van der Waals surface area contributed by atoms with Crippen molar-refractivity contribution in [3.05, 3.63) is 54.1 Å². The fourth-order valence-electron chi connectivity index (χ4n) is 2.28. The molecule has 0 spiro atoms. The molecule has 7 heteroatoms. The van der Waals surface area contributed by atoms with Crippen molar-refractivity contribution in [2.24, 2.45) is 0 Å². The molecule has 3 aromatic heterocycles. The average molecular weight is 314 g/mol. The Labute approximate surface area is 132 Å². The van der Waals surface area contributed by atoms with Gasteiger partial charge in [-0.3, -0.25) is 0 Å². The molecule has 1 fully saturated rings. The van der Waals surface area contributed by atoms with Gasteiger partial charge in [-0.15, -0.1) is 15.6 Å². The number of hydrogen-bond acceptors (Lipinski definition) is 4. The van der Waals surface area contributed by atoms with Gasteiger partial charge in [0.05, 0.1) is 5.02 Å². The van der Waals surface area contributed by atoms with Gasteiger partial charge in [-0.1, -0.05) is 22.3 Å². The van der Waals surface area contributed by atoms with Crippen molar-refractivity contribution in [1.29, 1.82) is 0 Å². The van der Waals surface area contributed by atoms with Crippen LogP contribution in [-0.2, 0) is 0 Å². The minimum atomic E-state index is 0.522. The summed E-state index contributed by atoms with van der Waals surface area (Å²) in [6.45, 7) is 0. The van der Waals surface area contributed by atoms with Crippen LogP contribution in [0.3, 0.4) is 0 Å². The highest BCUT2D eigenvalue weighted by atomic mass is 35.5. The van der Waals surface area contributed by atoms with Gasteiger partial charge in [0.2, 0.25) is 12.4 Å². The maximum absolute atomic E-state index is 5.89. The van der Waals surface area contributed by atoms with E-state index in [1.807, 2.05) is 42.7 Å². The van der Waals surface area contributed by atoms with Gasteiger partial charge in [0.25, 0.3) is 0 Å². The lowest BCUT2D eigenvalue weighted by molar-refractivity contribution is -0.643. The minimum absolute atomic E-state index is 0.522. The summed E-state index contributed by atoms with van der Waals surface area (Å²) >= 11 is 5.89. The second kappa shape index (κ2) is 5.38. The summed E-state index contributed by atoms with van der Waals surface area (Å²) in [6.07, 6.45) is 7.82. The van der Waals surface area contributed by atoms with Gasteiger partial charge in [0.15, 0.2) is 11.6 Å². The maximum Gasteiger partial charge on any atom is 0.201 e. The summed E-state index contributed by atoms with van der Waals surface area (Å²) < 4.78 is 3.89. The number of rotatable bonds is 4. The van der Waals surface area contributed by atoms with E-state index in [1.54, 1.807) is 11.0 Å². The highest BCUT2D eigenvalue weighted by molar-refractivity contribution is 6.30. The van der Waals surface area contributed by atoms with Gasteiger partial charge in [-0.25, -0.2) is 4.98 Å². The Kier molecular flexibility index (Phi) is 3.23.